The van der Waals surface area contributed by atoms with Crippen molar-refractivity contribution in [2.75, 3.05) is 57.2 Å². The summed E-state index contributed by atoms with van der Waals surface area (Å²) in [6.45, 7) is 6.05. The third-order valence-corrected chi connectivity index (χ3v) is 4.88. The molecule has 0 bridgehead atoms. The number of para-hydroxylation sites is 1. The van der Waals surface area contributed by atoms with Crippen LogP contribution in [0.15, 0.2) is 42.5 Å². The summed E-state index contributed by atoms with van der Waals surface area (Å²) in [5.74, 6) is 1.25. The van der Waals surface area contributed by atoms with E-state index in [4.69, 9.17) is 9.47 Å². The number of nitrogens with one attached hydrogen (secondary N) is 1. The molecule has 1 N–H and O–H groups in total. The van der Waals surface area contributed by atoms with Crippen molar-refractivity contribution in [2.24, 2.45) is 0 Å². The number of nitrogens with zero attached hydrogens (tertiary/aromatic N) is 2. The maximum Gasteiger partial charge on any atom is 0.238 e. The number of benzene rings is 2. The summed E-state index contributed by atoms with van der Waals surface area (Å²) < 4.78 is 10.5. The van der Waals surface area contributed by atoms with Crippen LogP contribution in [0, 0.1) is 6.92 Å². The highest BCUT2D eigenvalue weighted by molar-refractivity contribution is 5.94. The molecule has 1 aliphatic rings. The van der Waals surface area contributed by atoms with Gasteiger partial charge in [-0.2, -0.15) is 0 Å². The second kappa shape index (κ2) is 8.77. The van der Waals surface area contributed by atoms with Crippen molar-refractivity contribution in [3.63, 3.8) is 0 Å². The van der Waals surface area contributed by atoms with Gasteiger partial charge in [0, 0.05) is 37.9 Å². The number of aryl methyl sites for hydroxylation is 1. The molecular weight excluding hydrogens is 342 g/mol. The van der Waals surface area contributed by atoms with Crippen molar-refractivity contribution in [1.82, 2.24) is 4.90 Å². The predicted octanol–water partition coefficient (Wildman–Crippen LogP) is 2.77. The molecule has 0 unspecified atom stereocenters. The van der Waals surface area contributed by atoms with Crippen LogP contribution in [0.1, 0.15) is 5.56 Å². The number of rotatable bonds is 6. The second-order valence-electron chi connectivity index (χ2n) is 6.66. The lowest BCUT2D eigenvalue weighted by atomic mass is 10.1. The monoisotopic (exact) mass is 369 g/mol. The summed E-state index contributed by atoms with van der Waals surface area (Å²) in [5, 5.41) is 2.94. The molecule has 0 radical (unpaired) electrons. The lowest BCUT2D eigenvalue weighted by Gasteiger charge is -2.36. The molecule has 6 nitrogen and oxygen atoms in total. The van der Waals surface area contributed by atoms with E-state index >= 15 is 0 Å². The van der Waals surface area contributed by atoms with Gasteiger partial charge in [0.25, 0.3) is 0 Å². The molecule has 2 aromatic rings. The van der Waals surface area contributed by atoms with Crippen LogP contribution in [-0.2, 0) is 4.79 Å². The highest BCUT2D eigenvalue weighted by Crippen LogP contribution is 2.29. The number of carbonyl (C=O) groups is 1. The number of hydrogen-bond donors (Lipinski definition) is 1. The van der Waals surface area contributed by atoms with Crippen molar-refractivity contribution in [3.8, 4) is 11.5 Å². The molecular formula is C21H27N3O3. The Hall–Kier alpha value is -2.73. The van der Waals surface area contributed by atoms with E-state index in [2.05, 4.69) is 46.3 Å². The molecule has 1 amide bonds. The number of piperazine rings is 1. The van der Waals surface area contributed by atoms with E-state index in [-0.39, 0.29) is 5.91 Å². The van der Waals surface area contributed by atoms with Crippen LogP contribution in [0.3, 0.4) is 0 Å². The van der Waals surface area contributed by atoms with Gasteiger partial charge in [-0.05, 0) is 30.7 Å². The first-order valence-corrected chi connectivity index (χ1v) is 9.15. The number of hydrogen-bond acceptors (Lipinski definition) is 5. The minimum atomic E-state index is -0.0501. The number of anilines is 2. The van der Waals surface area contributed by atoms with Crippen molar-refractivity contribution >= 4 is 17.3 Å². The molecule has 144 valence electrons. The summed E-state index contributed by atoms with van der Waals surface area (Å²) in [6, 6.07) is 13.8. The van der Waals surface area contributed by atoms with E-state index in [1.54, 1.807) is 32.4 Å². The maximum absolute atomic E-state index is 12.5. The van der Waals surface area contributed by atoms with Gasteiger partial charge in [0.05, 0.1) is 26.5 Å². The molecule has 1 fully saturated rings. The number of carbonyl (C=O) groups excluding carboxylic acids is 1. The van der Waals surface area contributed by atoms with Crippen LogP contribution in [0.25, 0.3) is 0 Å². The minimum absolute atomic E-state index is 0.0501. The fourth-order valence-electron chi connectivity index (χ4n) is 3.37. The third-order valence-electron chi connectivity index (χ3n) is 4.88. The number of methoxy groups -OCH3 is 2. The maximum atomic E-state index is 12.5. The molecule has 1 saturated heterocycles. The van der Waals surface area contributed by atoms with Gasteiger partial charge in [-0.3, -0.25) is 9.69 Å². The van der Waals surface area contributed by atoms with Crippen LogP contribution in [0.2, 0.25) is 0 Å². The van der Waals surface area contributed by atoms with Crippen LogP contribution in [-0.4, -0.2) is 57.8 Å². The van der Waals surface area contributed by atoms with Gasteiger partial charge in [-0.1, -0.05) is 18.2 Å². The average Bonchev–Trinajstić information content (AvgIpc) is 2.69. The zero-order valence-corrected chi connectivity index (χ0v) is 16.2. The largest absolute Gasteiger partial charge is 0.497 e. The third kappa shape index (κ3) is 4.71. The first-order chi connectivity index (χ1) is 13.1. The molecule has 27 heavy (non-hydrogen) atoms. The Morgan fingerprint density at radius 1 is 1.04 bits per heavy atom. The predicted molar refractivity (Wildman–Crippen MR) is 108 cm³/mol. The van der Waals surface area contributed by atoms with Crippen molar-refractivity contribution in [2.45, 2.75) is 6.92 Å². The molecule has 0 atom stereocenters. The summed E-state index contributed by atoms with van der Waals surface area (Å²) in [4.78, 5) is 17.1. The van der Waals surface area contributed by atoms with Crippen molar-refractivity contribution in [1.29, 1.82) is 0 Å². The van der Waals surface area contributed by atoms with Gasteiger partial charge in [0.1, 0.15) is 11.5 Å². The fraction of sp³-hybridized carbons (Fsp3) is 0.381. The highest BCUT2D eigenvalue weighted by Gasteiger charge is 2.20. The molecule has 2 aromatic carbocycles. The standard InChI is InChI=1S/C21H27N3O3/c1-16-6-4-5-7-19(16)24-12-10-23(11-13-24)15-21(25)22-18-14-17(26-2)8-9-20(18)27-3/h4-9,14H,10-13,15H2,1-3H3,(H,22,25). The topological polar surface area (TPSA) is 54.0 Å². The van der Waals surface area contributed by atoms with Crippen molar-refractivity contribution in [3.05, 3.63) is 48.0 Å². The van der Waals surface area contributed by atoms with E-state index in [1.807, 2.05) is 0 Å². The molecule has 0 aliphatic carbocycles. The summed E-state index contributed by atoms with van der Waals surface area (Å²) >= 11 is 0. The average molecular weight is 369 g/mol. The van der Waals surface area contributed by atoms with Gasteiger partial charge in [0.2, 0.25) is 5.91 Å². The minimum Gasteiger partial charge on any atom is -0.497 e. The Kier molecular flexibility index (Phi) is 6.19. The second-order valence-corrected chi connectivity index (χ2v) is 6.66. The molecule has 6 heteroatoms. The summed E-state index contributed by atoms with van der Waals surface area (Å²) in [5.41, 5.74) is 3.19. The van der Waals surface area contributed by atoms with Crippen LogP contribution in [0.4, 0.5) is 11.4 Å². The SMILES string of the molecule is COc1ccc(OC)c(NC(=O)CN2CCN(c3ccccc3C)CC2)c1. The Bertz CT molecular complexity index is 786. The molecule has 0 saturated carbocycles. The fourth-order valence-corrected chi connectivity index (χ4v) is 3.37. The van der Waals surface area contributed by atoms with Gasteiger partial charge in [0.15, 0.2) is 0 Å². The molecule has 3 rings (SSSR count). The van der Waals surface area contributed by atoms with Crippen molar-refractivity contribution < 1.29 is 14.3 Å². The number of ether oxygens (including phenoxy) is 2. The van der Waals surface area contributed by atoms with Gasteiger partial charge < -0.3 is 19.7 Å². The van der Waals surface area contributed by atoms with Crippen LogP contribution < -0.4 is 19.7 Å². The zero-order chi connectivity index (χ0) is 19.2. The Morgan fingerprint density at radius 2 is 1.78 bits per heavy atom. The molecule has 1 heterocycles. The Morgan fingerprint density at radius 3 is 2.44 bits per heavy atom. The van der Waals surface area contributed by atoms with Gasteiger partial charge in [-0.25, -0.2) is 0 Å². The first kappa shape index (κ1) is 19.0. The van der Waals surface area contributed by atoms with E-state index in [1.165, 1.54) is 11.3 Å². The van der Waals surface area contributed by atoms with E-state index in [9.17, 15) is 4.79 Å². The van der Waals surface area contributed by atoms with Gasteiger partial charge >= 0.3 is 0 Å². The van der Waals surface area contributed by atoms with E-state index < -0.39 is 0 Å². The normalized spacial score (nSPS) is 14.7. The summed E-state index contributed by atoms with van der Waals surface area (Å²) in [7, 11) is 3.18. The Balaban J connectivity index is 1.55. The van der Waals surface area contributed by atoms with E-state index in [0.29, 0.717) is 23.7 Å². The lowest BCUT2D eigenvalue weighted by molar-refractivity contribution is -0.117. The first-order valence-electron chi connectivity index (χ1n) is 9.15. The quantitative estimate of drug-likeness (QED) is 0.849. The number of amides is 1. The van der Waals surface area contributed by atoms with E-state index in [0.717, 1.165) is 26.2 Å². The smallest absolute Gasteiger partial charge is 0.238 e. The van der Waals surface area contributed by atoms with Crippen LogP contribution in [0.5, 0.6) is 11.5 Å². The highest BCUT2D eigenvalue weighted by atomic mass is 16.5. The zero-order valence-electron chi connectivity index (χ0n) is 16.2. The molecule has 0 spiro atoms. The summed E-state index contributed by atoms with van der Waals surface area (Å²) in [6.07, 6.45) is 0. The van der Waals surface area contributed by atoms with Gasteiger partial charge in [-0.15, -0.1) is 0 Å². The molecule has 0 aromatic heterocycles. The van der Waals surface area contributed by atoms with Crippen LogP contribution >= 0.6 is 0 Å². The lowest BCUT2D eigenvalue weighted by Crippen LogP contribution is -2.48. The Labute approximate surface area is 160 Å². The molecule has 1 aliphatic heterocycles.